The lowest BCUT2D eigenvalue weighted by molar-refractivity contribution is 1.000. The van der Waals surface area contributed by atoms with E-state index in [2.05, 4.69) is 147 Å². The molecule has 0 saturated carbocycles. The maximum Gasteiger partial charge on any atom is 0.197 e. The third-order valence-electron chi connectivity index (χ3n) is 8.85. The summed E-state index contributed by atoms with van der Waals surface area (Å²) in [4.78, 5) is 14.3. The monoisotopic (exact) mass is 539 g/mol. The number of aryl methyl sites for hydroxylation is 1. The van der Waals surface area contributed by atoms with E-state index in [1.54, 1.807) is 0 Å². The van der Waals surface area contributed by atoms with E-state index >= 15 is 0 Å². The van der Waals surface area contributed by atoms with Crippen LogP contribution < -0.4 is 5.43 Å². The molecular weight excluding hydrogens is 514 g/mol. The summed E-state index contributed by atoms with van der Waals surface area (Å²) >= 11 is 0. The first kappa shape index (κ1) is 23.1. The zero-order chi connectivity index (χ0) is 27.9. The number of pyridine rings is 1. The van der Waals surface area contributed by atoms with Crippen molar-refractivity contribution < 1.29 is 0 Å². The van der Waals surface area contributed by atoms with Crippen LogP contribution in [0.25, 0.3) is 76.8 Å². The van der Waals surface area contributed by atoms with Gasteiger partial charge in [0.25, 0.3) is 0 Å². The maximum absolute atomic E-state index is 14.3. The van der Waals surface area contributed by atoms with Crippen LogP contribution >= 0.6 is 0 Å². The molecule has 0 N–H and O–H groups in total. The van der Waals surface area contributed by atoms with Crippen LogP contribution in [0.5, 0.6) is 0 Å². The number of fused-ring (bicyclic) bond motifs is 8. The van der Waals surface area contributed by atoms with E-state index in [4.69, 9.17) is 0 Å². The molecular formula is C38H25N3O. The summed E-state index contributed by atoms with van der Waals surface area (Å²) in [7, 11) is 2.05. The highest BCUT2D eigenvalue weighted by Crippen LogP contribution is 2.34. The Labute approximate surface area is 240 Å². The van der Waals surface area contributed by atoms with E-state index < -0.39 is 0 Å². The van der Waals surface area contributed by atoms with Crippen molar-refractivity contribution in [1.82, 2.24) is 13.7 Å². The minimum atomic E-state index is 0.0448. The number of para-hydroxylation sites is 4. The number of benzene rings is 6. The quantitative estimate of drug-likeness (QED) is 0.202. The molecule has 0 aliphatic heterocycles. The van der Waals surface area contributed by atoms with Gasteiger partial charge in [0.15, 0.2) is 5.43 Å². The third kappa shape index (κ3) is 3.04. The van der Waals surface area contributed by atoms with E-state index in [1.165, 1.54) is 21.5 Å². The molecule has 9 aromatic rings. The van der Waals surface area contributed by atoms with Crippen molar-refractivity contribution in [1.29, 1.82) is 0 Å². The summed E-state index contributed by atoms with van der Waals surface area (Å²) in [6.45, 7) is 0. The Kier molecular flexibility index (Phi) is 4.65. The van der Waals surface area contributed by atoms with Crippen molar-refractivity contribution in [2.24, 2.45) is 7.05 Å². The zero-order valence-corrected chi connectivity index (χ0v) is 23.0. The van der Waals surface area contributed by atoms with Crippen LogP contribution in [-0.2, 0) is 7.05 Å². The normalized spacial score (nSPS) is 12.0. The number of aromatic nitrogens is 3. The number of rotatable bonds is 2. The van der Waals surface area contributed by atoms with Gasteiger partial charge in [-0.1, -0.05) is 72.8 Å². The summed E-state index contributed by atoms with van der Waals surface area (Å²) in [6, 6.07) is 46.4. The molecule has 0 atom stereocenters. The number of hydrogen-bond donors (Lipinski definition) is 0. The molecule has 42 heavy (non-hydrogen) atoms. The second-order valence-corrected chi connectivity index (χ2v) is 11.0. The van der Waals surface area contributed by atoms with Crippen molar-refractivity contribution in [2.75, 3.05) is 0 Å². The largest absolute Gasteiger partial charge is 0.343 e. The van der Waals surface area contributed by atoms with Gasteiger partial charge in [-0.2, -0.15) is 0 Å². The Balaban J connectivity index is 1.33. The zero-order valence-electron chi connectivity index (χ0n) is 23.0. The van der Waals surface area contributed by atoms with Crippen LogP contribution in [0.3, 0.4) is 0 Å². The Bertz CT molecular complexity index is 2330. The Morgan fingerprint density at radius 2 is 0.714 bits per heavy atom. The Hall–Kier alpha value is -5.61. The van der Waals surface area contributed by atoms with E-state index in [0.717, 1.165) is 44.5 Å². The minimum absolute atomic E-state index is 0.0448. The standard InChI is InChI=1S/C38H25N3O/c1-39-32-20-18-24(40-34-14-6-2-10-26(34)27-11-3-7-15-35(27)40)22-30(32)38(42)31-23-25(19-21-33(31)39)41-36-16-8-4-12-28(36)29-13-5-9-17-37(29)41/h2-23H,1H3. The van der Waals surface area contributed by atoms with Crippen molar-refractivity contribution in [3.8, 4) is 11.4 Å². The molecule has 0 aliphatic carbocycles. The summed E-state index contributed by atoms with van der Waals surface area (Å²) in [5.41, 5.74) is 8.36. The molecule has 9 rings (SSSR count). The lowest BCUT2D eigenvalue weighted by Gasteiger charge is -2.15. The molecule has 6 aromatic carbocycles. The van der Waals surface area contributed by atoms with Crippen molar-refractivity contribution >= 4 is 65.4 Å². The molecule has 0 amide bonds. The van der Waals surface area contributed by atoms with Crippen molar-refractivity contribution in [3.63, 3.8) is 0 Å². The van der Waals surface area contributed by atoms with Crippen LogP contribution in [-0.4, -0.2) is 13.7 Å². The number of nitrogens with zero attached hydrogens (tertiary/aromatic N) is 3. The molecule has 4 nitrogen and oxygen atoms in total. The highest BCUT2D eigenvalue weighted by Gasteiger charge is 2.16. The predicted molar refractivity (Wildman–Crippen MR) is 175 cm³/mol. The Morgan fingerprint density at radius 3 is 1.07 bits per heavy atom. The highest BCUT2D eigenvalue weighted by molar-refractivity contribution is 6.10. The van der Waals surface area contributed by atoms with Crippen LogP contribution in [0.4, 0.5) is 0 Å². The van der Waals surface area contributed by atoms with E-state index in [-0.39, 0.29) is 5.43 Å². The second-order valence-electron chi connectivity index (χ2n) is 11.0. The first-order valence-corrected chi connectivity index (χ1v) is 14.2. The second kappa shape index (κ2) is 8.45. The molecule has 0 aliphatic rings. The molecule has 4 heteroatoms. The van der Waals surface area contributed by atoms with E-state index in [9.17, 15) is 4.79 Å². The number of hydrogen-bond acceptors (Lipinski definition) is 1. The van der Waals surface area contributed by atoms with Crippen molar-refractivity contribution in [3.05, 3.63) is 144 Å². The fraction of sp³-hybridized carbons (Fsp3) is 0.0263. The van der Waals surface area contributed by atoms with E-state index in [0.29, 0.717) is 10.8 Å². The first-order valence-electron chi connectivity index (χ1n) is 14.2. The predicted octanol–water partition coefficient (Wildman–Crippen LogP) is 8.89. The first-order chi connectivity index (χ1) is 20.7. The SMILES string of the molecule is Cn1c2ccc(-n3c4ccccc4c4ccccc43)cc2c(=O)c2cc(-n3c4ccccc4c4ccccc43)ccc21. The lowest BCUT2D eigenvalue weighted by Crippen LogP contribution is -2.10. The van der Waals surface area contributed by atoms with Gasteiger partial charge in [0.1, 0.15) is 0 Å². The topological polar surface area (TPSA) is 31.9 Å². The fourth-order valence-corrected chi connectivity index (χ4v) is 6.95. The third-order valence-corrected chi connectivity index (χ3v) is 8.85. The lowest BCUT2D eigenvalue weighted by atomic mass is 10.1. The molecule has 3 heterocycles. The van der Waals surface area contributed by atoms with Gasteiger partial charge in [0.2, 0.25) is 0 Å². The van der Waals surface area contributed by atoms with Gasteiger partial charge in [-0.05, 0) is 60.7 Å². The molecule has 3 aromatic heterocycles. The molecule has 0 saturated heterocycles. The Morgan fingerprint density at radius 1 is 0.381 bits per heavy atom. The van der Waals surface area contributed by atoms with Gasteiger partial charge in [-0.3, -0.25) is 4.79 Å². The smallest absolute Gasteiger partial charge is 0.197 e. The fourth-order valence-electron chi connectivity index (χ4n) is 6.95. The van der Waals surface area contributed by atoms with Gasteiger partial charge >= 0.3 is 0 Å². The van der Waals surface area contributed by atoms with E-state index in [1.807, 2.05) is 7.05 Å². The van der Waals surface area contributed by atoms with Crippen LogP contribution in [0, 0.1) is 0 Å². The highest BCUT2D eigenvalue weighted by atomic mass is 16.1. The summed E-state index contributed by atoms with van der Waals surface area (Å²) in [6.07, 6.45) is 0. The van der Waals surface area contributed by atoms with Gasteiger partial charge in [0, 0.05) is 50.7 Å². The summed E-state index contributed by atoms with van der Waals surface area (Å²) in [5, 5.41) is 6.24. The van der Waals surface area contributed by atoms with Crippen LogP contribution in [0.15, 0.2) is 138 Å². The molecule has 0 bridgehead atoms. The van der Waals surface area contributed by atoms with Gasteiger partial charge < -0.3 is 13.7 Å². The molecule has 0 spiro atoms. The van der Waals surface area contributed by atoms with Gasteiger partial charge in [-0.25, -0.2) is 0 Å². The van der Waals surface area contributed by atoms with Crippen LogP contribution in [0.2, 0.25) is 0 Å². The summed E-state index contributed by atoms with van der Waals surface area (Å²) < 4.78 is 6.67. The molecule has 0 unspecified atom stereocenters. The average Bonchev–Trinajstić information content (AvgIpc) is 3.56. The average molecular weight is 540 g/mol. The summed E-state index contributed by atoms with van der Waals surface area (Å²) in [5.74, 6) is 0. The van der Waals surface area contributed by atoms with Gasteiger partial charge in [-0.15, -0.1) is 0 Å². The molecule has 198 valence electrons. The molecule has 0 fully saturated rings. The van der Waals surface area contributed by atoms with Gasteiger partial charge in [0.05, 0.1) is 33.1 Å². The van der Waals surface area contributed by atoms with Crippen molar-refractivity contribution in [2.45, 2.75) is 0 Å². The molecule has 0 radical (unpaired) electrons. The maximum atomic E-state index is 14.3. The van der Waals surface area contributed by atoms with Crippen LogP contribution in [0.1, 0.15) is 0 Å². The minimum Gasteiger partial charge on any atom is -0.343 e.